The van der Waals surface area contributed by atoms with Crippen LogP contribution in [0, 0.1) is 12.7 Å². The maximum Gasteiger partial charge on any atom is 0.291 e. The first-order valence-electron chi connectivity index (χ1n) is 10.5. The third-order valence-corrected chi connectivity index (χ3v) is 6.44. The fraction of sp³-hybridized carbons (Fsp3) is 0.455. The van der Waals surface area contributed by atoms with Crippen LogP contribution in [0.1, 0.15) is 60.6 Å². The van der Waals surface area contributed by atoms with E-state index in [4.69, 9.17) is 16.0 Å². The second-order valence-electron chi connectivity index (χ2n) is 8.74. The van der Waals surface area contributed by atoms with Crippen molar-refractivity contribution in [2.75, 3.05) is 18.4 Å². The van der Waals surface area contributed by atoms with Crippen molar-refractivity contribution in [3.05, 3.63) is 46.4 Å². The number of amides is 1. The number of hydrogen-bond acceptors (Lipinski definition) is 6. The number of hydrogen-bond donors (Lipinski definition) is 1. The number of nitrogens with one attached hydrogen (secondary N) is 1. The van der Waals surface area contributed by atoms with Gasteiger partial charge >= 0.3 is 0 Å². The first kappa shape index (κ1) is 20.2. The molecule has 3 aromatic heterocycles. The zero-order chi connectivity index (χ0) is 21.8. The van der Waals surface area contributed by atoms with E-state index < -0.39 is 5.82 Å². The number of fused-ring (bicyclic) bond motifs is 1. The summed E-state index contributed by atoms with van der Waals surface area (Å²) in [6, 6.07) is 3.17. The quantitative estimate of drug-likeness (QED) is 0.629. The summed E-state index contributed by atoms with van der Waals surface area (Å²) in [5.41, 5.74) is 1.11. The van der Waals surface area contributed by atoms with Crippen molar-refractivity contribution in [1.82, 2.24) is 19.9 Å². The molecule has 0 atom stereocenters. The molecule has 0 spiro atoms. The van der Waals surface area contributed by atoms with Crippen LogP contribution in [-0.2, 0) is 0 Å². The van der Waals surface area contributed by atoms with Gasteiger partial charge in [-0.25, -0.2) is 9.37 Å². The molecule has 2 fully saturated rings. The minimum atomic E-state index is -0.452. The Hall–Kier alpha value is -2.74. The number of furan rings is 1. The summed E-state index contributed by atoms with van der Waals surface area (Å²) in [6.07, 6.45) is 4.69. The van der Waals surface area contributed by atoms with E-state index in [1.807, 2.05) is 13.0 Å². The number of halogens is 2. The smallest absolute Gasteiger partial charge is 0.291 e. The van der Waals surface area contributed by atoms with Crippen LogP contribution in [0.2, 0.25) is 5.02 Å². The third kappa shape index (κ3) is 3.96. The van der Waals surface area contributed by atoms with E-state index in [1.54, 1.807) is 4.90 Å². The van der Waals surface area contributed by atoms with Crippen LogP contribution >= 0.6 is 11.6 Å². The Kier molecular flexibility index (Phi) is 4.84. The van der Waals surface area contributed by atoms with Gasteiger partial charge in [-0.2, -0.15) is 4.98 Å². The van der Waals surface area contributed by atoms with Gasteiger partial charge in [0.15, 0.2) is 0 Å². The average Bonchev–Trinajstić information content (AvgIpc) is 3.33. The Morgan fingerprint density at radius 2 is 2.03 bits per heavy atom. The maximum atomic E-state index is 13.3. The predicted molar refractivity (Wildman–Crippen MR) is 115 cm³/mol. The van der Waals surface area contributed by atoms with Crippen LogP contribution in [0.15, 0.2) is 22.7 Å². The summed E-state index contributed by atoms with van der Waals surface area (Å²) >= 11 is 6.17. The Labute approximate surface area is 184 Å². The summed E-state index contributed by atoms with van der Waals surface area (Å²) in [7, 11) is 0. The fourth-order valence-corrected chi connectivity index (χ4v) is 4.36. The number of anilines is 1. The van der Waals surface area contributed by atoms with E-state index in [1.165, 1.54) is 12.3 Å². The molecular formula is C22H23ClFN5O2. The highest BCUT2D eigenvalue weighted by molar-refractivity contribution is 6.31. The molecule has 5 rings (SSSR count). The lowest BCUT2D eigenvalue weighted by Gasteiger charge is -2.31. The lowest BCUT2D eigenvalue weighted by Crippen LogP contribution is -2.39. The third-order valence-electron chi connectivity index (χ3n) is 6.13. The zero-order valence-electron chi connectivity index (χ0n) is 17.4. The minimum Gasteiger partial charge on any atom is -0.443 e. The Morgan fingerprint density at radius 3 is 2.71 bits per heavy atom. The van der Waals surface area contributed by atoms with Crippen molar-refractivity contribution in [3.63, 3.8) is 0 Å². The first-order valence-corrected chi connectivity index (χ1v) is 10.9. The number of aryl methyl sites for hydroxylation is 1. The molecule has 9 heteroatoms. The molecule has 1 saturated carbocycles. The largest absolute Gasteiger partial charge is 0.443 e. The van der Waals surface area contributed by atoms with Gasteiger partial charge in [0.25, 0.3) is 5.91 Å². The van der Waals surface area contributed by atoms with E-state index in [9.17, 15) is 9.18 Å². The Bertz CT molecular complexity index is 1170. The number of piperidine rings is 1. The lowest BCUT2D eigenvalue weighted by atomic mass is 9.93. The molecule has 162 valence electrons. The van der Waals surface area contributed by atoms with Crippen molar-refractivity contribution in [2.24, 2.45) is 0 Å². The van der Waals surface area contributed by atoms with Gasteiger partial charge in [0, 0.05) is 24.5 Å². The summed E-state index contributed by atoms with van der Waals surface area (Å²) in [4.78, 5) is 28.1. The monoisotopic (exact) mass is 443 g/mol. The highest BCUT2D eigenvalue weighted by Crippen LogP contribution is 2.39. The molecule has 1 N–H and O–H groups in total. The van der Waals surface area contributed by atoms with Crippen LogP contribution < -0.4 is 5.32 Å². The highest BCUT2D eigenvalue weighted by Gasteiger charge is 2.38. The molecular weight excluding hydrogens is 421 g/mol. The molecule has 0 bridgehead atoms. The standard InChI is InChI=1S/C22H23ClFN5O2/c1-12-9-15-18(28-22(2)5-6-22)26-19(27-20(15)31-12)21(30)29-7-3-13(4-8-29)17-16(23)10-14(24)11-25-17/h9-11,13H,3-8H2,1-2H3,(H,26,27,28). The topological polar surface area (TPSA) is 84.2 Å². The Morgan fingerprint density at radius 1 is 1.29 bits per heavy atom. The second-order valence-corrected chi connectivity index (χ2v) is 9.15. The van der Waals surface area contributed by atoms with E-state index in [2.05, 4.69) is 27.2 Å². The van der Waals surface area contributed by atoms with Crippen molar-refractivity contribution in [1.29, 1.82) is 0 Å². The second kappa shape index (κ2) is 7.44. The van der Waals surface area contributed by atoms with Crippen molar-refractivity contribution in [2.45, 2.75) is 51.0 Å². The van der Waals surface area contributed by atoms with Crippen LogP contribution in [0.4, 0.5) is 10.2 Å². The van der Waals surface area contributed by atoms with E-state index in [0.29, 0.717) is 48.2 Å². The predicted octanol–water partition coefficient (Wildman–Crippen LogP) is 4.70. The molecule has 3 aromatic rings. The number of carbonyl (C=O) groups excluding carboxylic acids is 1. The van der Waals surface area contributed by atoms with E-state index in [0.717, 1.165) is 24.0 Å². The molecule has 0 radical (unpaired) electrons. The molecule has 1 amide bonds. The highest BCUT2D eigenvalue weighted by atomic mass is 35.5. The number of nitrogens with zero attached hydrogens (tertiary/aromatic N) is 4. The molecule has 0 unspecified atom stereocenters. The van der Waals surface area contributed by atoms with Gasteiger partial charge in [-0.1, -0.05) is 11.6 Å². The summed E-state index contributed by atoms with van der Waals surface area (Å²) in [6.45, 7) is 5.04. The minimum absolute atomic E-state index is 0.00650. The molecule has 4 heterocycles. The van der Waals surface area contributed by atoms with Crippen LogP contribution in [0.5, 0.6) is 0 Å². The lowest BCUT2D eigenvalue weighted by molar-refractivity contribution is 0.0700. The number of likely N-dealkylation sites (tertiary alicyclic amines) is 1. The summed E-state index contributed by atoms with van der Waals surface area (Å²) in [5.74, 6) is 0.901. The molecule has 1 saturated heterocycles. The van der Waals surface area contributed by atoms with Gasteiger partial charge in [0.2, 0.25) is 11.5 Å². The van der Waals surface area contributed by atoms with E-state index in [-0.39, 0.29) is 23.2 Å². The first-order chi connectivity index (χ1) is 14.8. The zero-order valence-corrected chi connectivity index (χ0v) is 18.2. The van der Waals surface area contributed by atoms with Gasteiger partial charge in [-0.3, -0.25) is 9.78 Å². The molecule has 0 aromatic carbocycles. The summed E-state index contributed by atoms with van der Waals surface area (Å²) in [5, 5.41) is 4.57. The number of rotatable bonds is 4. The van der Waals surface area contributed by atoms with Crippen LogP contribution in [0.3, 0.4) is 0 Å². The fourth-order valence-electron chi connectivity index (χ4n) is 4.05. The van der Waals surface area contributed by atoms with Crippen LogP contribution in [-0.4, -0.2) is 44.4 Å². The SMILES string of the molecule is Cc1cc2c(NC3(C)CC3)nc(C(=O)N3CCC(c4ncc(F)cc4Cl)CC3)nc2o1. The van der Waals surface area contributed by atoms with Crippen LogP contribution in [0.25, 0.3) is 11.1 Å². The van der Waals surface area contributed by atoms with Gasteiger partial charge in [0.1, 0.15) is 17.4 Å². The van der Waals surface area contributed by atoms with Gasteiger partial charge in [0.05, 0.1) is 22.3 Å². The van der Waals surface area contributed by atoms with Gasteiger partial charge in [-0.05, 0) is 51.7 Å². The molecule has 31 heavy (non-hydrogen) atoms. The van der Waals surface area contributed by atoms with Crippen molar-refractivity contribution in [3.8, 4) is 0 Å². The normalized spacial score (nSPS) is 18.4. The number of aromatic nitrogens is 3. The molecule has 2 aliphatic rings. The van der Waals surface area contributed by atoms with E-state index >= 15 is 0 Å². The van der Waals surface area contributed by atoms with Crippen molar-refractivity contribution >= 4 is 34.4 Å². The van der Waals surface area contributed by atoms with Gasteiger partial charge in [-0.15, -0.1) is 0 Å². The number of carbonyl (C=O) groups is 1. The molecule has 1 aliphatic carbocycles. The molecule has 1 aliphatic heterocycles. The van der Waals surface area contributed by atoms with Gasteiger partial charge < -0.3 is 14.6 Å². The number of pyridine rings is 1. The summed E-state index contributed by atoms with van der Waals surface area (Å²) < 4.78 is 19.0. The average molecular weight is 444 g/mol. The molecule has 7 nitrogen and oxygen atoms in total. The maximum absolute atomic E-state index is 13.3. The Balaban J connectivity index is 1.35. The van der Waals surface area contributed by atoms with Crippen molar-refractivity contribution < 1.29 is 13.6 Å².